The van der Waals surface area contributed by atoms with Gasteiger partial charge in [-0.2, -0.15) is 5.26 Å². The fraction of sp³-hybridized carbons (Fsp3) is 0.370. The van der Waals surface area contributed by atoms with Crippen molar-refractivity contribution in [1.29, 1.82) is 5.26 Å². The average Bonchev–Trinajstić information content (AvgIpc) is 3.12. The van der Waals surface area contributed by atoms with Gasteiger partial charge in [-0.15, -0.1) is 11.3 Å². The van der Waals surface area contributed by atoms with Crippen LogP contribution in [0.3, 0.4) is 0 Å². The van der Waals surface area contributed by atoms with Crippen LogP contribution in [0.5, 0.6) is 0 Å². The SMILES string of the molecule is N#Cc1ccc(CC[C@@]2(Cc3ccccc3F)C[C@]23CCN(Cc2cccs2)C3)cc1Cl. The van der Waals surface area contributed by atoms with E-state index < -0.39 is 0 Å². The minimum Gasteiger partial charge on any atom is -0.298 e. The molecule has 5 rings (SSSR count). The molecule has 3 aromatic rings. The van der Waals surface area contributed by atoms with Gasteiger partial charge < -0.3 is 0 Å². The van der Waals surface area contributed by atoms with Crippen LogP contribution in [0.4, 0.5) is 4.39 Å². The van der Waals surface area contributed by atoms with Gasteiger partial charge in [0.05, 0.1) is 10.6 Å². The maximum atomic E-state index is 14.6. The minimum absolute atomic E-state index is 0.0937. The largest absolute Gasteiger partial charge is 0.298 e. The molecule has 1 saturated carbocycles. The number of hydrogen-bond donors (Lipinski definition) is 0. The second-order valence-corrected chi connectivity index (χ2v) is 10.9. The molecule has 1 saturated heterocycles. The van der Waals surface area contributed by atoms with E-state index in [9.17, 15) is 4.39 Å². The van der Waals surface area contributed by atoms with Crippen molar-refractivity contribution < 1.29 is 4.39 Å². The normalized spacial score (nSPS) is 24.7. The number of nitrogens with zero attached hydrogens (tertiary/aromatic N) is 2. The quantitative estimate of drug-likeness (QED) is 0.381. The van der Waals surface area contributed by atoms with E-state index in [0.29, 0.717) is 10.6 Å². The summed E-state index contributed by atoms with van der Waals surface area (Å²) in [5.74, 6) is -0.0937. The first-order valence-corrected chi connectivity index (χ1v) is 12.5. The van der Waals surface area contributed by atoms with Crippen molar-refractivity contribution in [3.63, 3.8) is 0 Å². The van der Waals surface area contributed by atoms with Crippen molar-refractivity contribution >= 4 is 22.9 Å². The molecular formula is C27H26ClFN2S. The van der Waals surface area contributed by atoms with Crippen LogP contribution in [0.1, 0.15) is 40.8 Å². The standard InChI is InChI=1S/C27H26ClFN2S/c28-24-14-20(7-8-22(24)16-30)9-10-26(15-21-4-1-2-6-25(21)29)18-27(26)11-12-31(19-27)17-23-5-3-13-32-23/h1-8,13-14H,9-12,15,17-19H2/t26-,27+/m1/s1. The Labute approximate surface area is 198 Å². The first-order chi connectivity index (χ1) is 15.5. The first kappa shape index (κ1) is 21.6. The third-order valence-corrected chi connectivity index (χ3v) is 8.78. The van der Waals surface area contributed by atoms with E-state index in [2.05, 4.69) is 28.5 Å². The molecule has 0 bridgehead atoms. The molecule has 2 nitrogen and oxygen atoms in total. The van der Waals surface area contributed by atoms with E-state index in [0.717, 1.165) is 56.4 Å². The molecule has 32 heavy (non-hydrogen) atoms. The van der Waals surface area contributed by atoms with Gasteiger partial charge in [0.25, 0.3) is 0 Å². The van der Waals surface area contributed by atoms with Crippen molar-refractivity contribution in [2.45, 2.75) is 38.6 Å². The van der Waals surface area contributed by atoms with Crippen LogP contribution in [0.25, 0.3) is 0 Å². The van der Waals surface area contributed by atoms with Crippen LogP contribution in [0, 0.1) is 28.0 Å². The molecule has 0 N–H and O–H groups in total. The van der Waals surface area contributed by atoms with E-state index in [1.807, 2.05) is 41.7 Å². The van der Waals surface area contributed by atoms with Crippen molar-refractivity contribution in [2.24, 2.45) is 10.8 Å². The summed E-state index contributed by atoms with van der Waals surface area (Å²) >= 11 is 8.10. The van der Waals surface area contributed by atoms with Gasteiger partial charge in [0.2, 0.25) is 0 Å². The molecule has 2 heterocycles. The molecule has 0 amide bonds. The average molecular weight is 465 g/mol. The Bertz CT molecular complexity index is 1150. The topological polar surface area (TPSA) is 27.0 Å². The molecule has 1 spiro atoms. The molecule has 0 unspecified atom stereocenters. The number of hydrogen-bond acceptors (Lipinski definition) is 3. The zero-order chi connectivity index (χ0) is 22.2. The van der Waals surface area contributed by atoms with Crippen LogP contribution in [-0.2, 0) is 19.4 Å². The smallest absolute Gasteiger partial charge is 0.126 e. The fourth-order valence-electron chi connectivity index (χ4n) is 5.78. The lowest BCUT2D eigenvalue weighted by molar-refractivity contribution is 0.271. The Morgan fingerprint density at radius 2 is 2.03 bits per heavy atom. The van der Waals surface area contributed by atoms with Crippen molar-refractivity contribution in [1.82, 2.24) is 4.90 Å². The molecule has 1 aliphatic carbocycles. The molecule has 2 atom stereocenters. The van der Waals surface area contributed by atoms with E-state index in [1.165, 1.54) is 11.3 Å². The molecule has 0 radical (unpaired) electrons. The second-order valence-electron chi connectivity index (χ2n) is 9.47. The van der Waals surface area contributed by atoms with Crippen LogP contribution in [0.2, 0.25) is 5.02 Å². The second kappa shape index (κ2) is 8.63. The lowest BCUT2D eigenvalue weighted by atomic mass is 9.81. The van der Waals surface area contributed by atoms with E-state index in [4.69, 9.17) is 16.9 Å². The van der Waals surface area contributed by atoms with E-state index in [-0.39, 0.29) is 16.6 Å². The number of rotatable bonds is 7. The zero-order valence-corrected chi connectivity index (χ0v) is 19.6. The lowest BCUT2D eigenvalue weighted by Crippen LogP contribution is -2.24. The van der Waals surface area contributed by atoms with Crippen LogP contribution in [0.15, 0.2) is 60.0 Å². The Morgan fingerprint density at radius 1 is 1.16 bits per heavy atom. The molecule has 2 fully saturated rings. The Balaban J connectivity index is 1.35. The number of aryl methyl sites for hydroxylation is 1. The molecule has 2 aromatic carbocycles. The Kier molecular flexibility index (Phi) is 5.84. The molecule has 1 aliphatic heterocycles. The highest BCUT2D eigenvalue weighted by molar-refractivity contribution is 7.09. The number of halogens is 2. The van der Waals surface area contributed by atoms with E-state index >= 15 is 0 Å². The summed E-state index contributed by atoms with van der Waals surface area (Å²) in [6.45, 7) is 3.22. The number of nitriles is 1. The van der Waals surface area contributed by atoms with Gasteiger partial charge in [-0.25, -0.2) is 4.39 Å². The van der Waals surface area contributed by atoms with Gasteiger partial charge in [-0.05, 0) is 90.3 Å². The summed E-state index contributed by atoms with van der Waals surface area (Å²) in [4.78, 5) is 3.99. The third kappa shape index (κ3) is 4.10. The fourth-order valence-corrected chi connectivity index (χ4v) is 6.78. The highest BCUT2D eigenvalue weighted by Crippen LogP contribution is 2.71. The van der Waals surface area contributed by atoms with Gasteiger partial charge in [-0.1, -0.05) is 41.9 Å². The number of likely N-dealkylation sites (tertiary alicyclic amines) is 1. The Morgan fingerprint density at radius 3 is 2.78 bits per heavy atom. The van der Waals surface area contributed by atoms with Gasteiger partial charge in [0.1, 0.15) is 11.9 Å². The van der Waals surface area contributed by atoms with Crippen molar-refractivity contribution in [3.05, 3.63) is 92.4 Å². The number of thiophene rings is 1. The van der Waals surface area contributed by atoms with Gasteiger partial charge in [-0.3, -0.25) is 4.90 Å². The summed E-state index contributed by atoms with van der Waals surface area (Å²) in [6.07, 6.45) is 5.03. The molecule has 164 valence electrons. The monoisotopic (exact) mass is 464 g/mol. The van der Waals surface area contributed by atoms with Crippen molar-refractivity contribution in [3.8, 4) is 6.07 Å². The summed E-state index contributed by atoms with van der Waals surface area (Å²) in [5, 5.41) is 11.8. The van der Waals surface area contributed by atoms with Crippen LogP contribution < -0.4 is 0 Å². The summed E-state index contributed by atoms with van der Waals surface area (Å²) in [7, 11) is 0. The highest BCUT2D eigenvalue weighted by atomic mass is 35.5. The van der Waals surface area contributed by atoms with E-state index in [1.54, 1.807) is 12.1 Å². The van der Waals surface area contributed by atoms with Crippen LogP contribution >= 0.6 is 22.9 Å². The van der Waals surface area contributed by atoms with Gasteiger partial charge in [0.15, 0.2) is 0 Å². The Hall–Kier alpha value is -2.19. The first-order valence-electron chi connectivity index (χ1n) is 11.2. The highest BCUT2D eigenvalue weighted by Gasteiger charge is 2.67. The predicted octanol–water partition coefficient (Wildman–Crippen LogP) is 6.87. The molecular weight excluding hydrogens is 439 g/mol. The maximum Gasteiger partial charge on any atom is 0.126 e. The van der Waals surface area contributed by atoms with Gasteiger partial charge in [0, 0.05) is 18.0 Å². The number of benzene rings is 2. The summed E-state index contributed by atoms with van der Waals surface area (Å²) in [5.41, 5.74) is 2.87. The van der Waals surface area contributed by atoms with Crippen molar-refractivity contribution in [2.75, 3.05) is 13.1 Å². The minimum atomic E-state index is -0.0937. The lowest BCUT2D eigenvalue weighted by Gasteiger charge is -2.24. The summed E-state index contributed by atoms with van der Waals surface area (Å²) < 4.78 is 14.6. The molecule has 1 aromatic heterocycles. The molecule has 2 aliphatic rings. The van der Waals surface area contributed by atoms with Gasteiger partial charge >= 0.3 is 0 Å². The maximum absolute atomic E-state index is 14.6. The summed E-state index contributed by atoms with van der Waals surface area (Å²) in [6, 6.07) is 19.4. The van der Waals surface area contributed by atoms with Crippen LogP contribution in [-0.4, -0.2) is 18.0 Å². The molecule has 5 heteroatoms. The zero-order valence-electron chi connectivity index (χ0n) is 18.0. The third-order valence-electron chi connectivity index (χ3n) is 7.60. The predicted molar refractivity (Wildman–Crippen MR) is 128 cm³/mol.